The molecule has 1 aromatic heterocycles. The van der Waals surface area contributed by atoms with Gasteiger partial charge in [-0.3, -0.25) is 0 Å². The van der Waals surface area contributed by atoms with Crippen molar-refractivity contribution in [1.29, 1.82) is 0 Å². The fourth-order valence-corrected chi connectivity index (χ4v) is 1.28. The van der Waals surface area contributed by atoms with Crippen molar-refractivity contribution in [3.8, 4) is 5.75 Å². The molecule has 0 spiro atoms. The Bertz CT molecular complexity index is 356. The van der Waals surface area contributed by atoms with Crippen molar-refractivity contribution in [3.05, 3.63) is 22.0 Å². The van der Waals surface area contributed by atoms with Gasteiger partial charge in [0.2, 0.25) is 5.75 Å². The average Bonchev–Trinajstić information content (AvgIpc) is 2.12. The number of rotatable bonds is 1. The highest BCUT2D eigenvalue weighted by Crippen LogP contribution is 2.16. The van der Waals surface area contributed by atoms with Crippen molar-refractivity contribution >= 4 is 28.7 Å². The van der Waals surface area contributed by atoms with Gasteiger partial charge in [-0.2, -0.15) is 4.57 Å². The Balaban J connectivity index is 0.00000196. The summed E-state index contributed by atoms with van der Waals surface area (Å²) in [5.74, 6) is 0.578. The van der Waals surface area contributed by atoms with E-state index in [0.29, 0.717) is 5.75 Å². The van der Waals surface area contributed by atoms with Gasteiger partial charge >= 0.3 is 6.09 Å². The smallest absolute Gasteiger partial charge is 0.414 e. The molecule has 0 aliphatic heterocycles. The summed E-state index contributed by atoms with van der Waals surface area (Å²) < 4.78 is 7.92. The lowest BCUT2D eigenvalue weighted by Gasteiger charge is -2.10. The Morgan fingerprint density at radius 3 is 2.67 bits per heavy atom. The zero-order chi connectivity index (χ0) is 10.7. The van der Waals surface area contributed by atoms with Crippen LogP contribution in [0.15, 0.2) is 18.3 Å². The zero-order valence-electron chi connectivity index (χ0n) is 8.70. The van der Waals surface area contributed by atoms with Gasteiger partial charge in [0, 0.05) is 42.8 Å². The van der Waals surface area contributed by atoms with Crippen LogP contribution < -0.4 is 33.3 Å². The van der Waals surface area contributed by atoms with Crippen LogP contribution in [0.1, 0.15) is 0 Å². The lowest BCUT2D eigenvalue weighted by molar-refractivity contribution is -0.684. The van der Waals surface area contributed by atoms with E-state index >= 15 is 0 Å². The van der Waals surface area contributed by atoms with Gasteiger partial charge in [-0.15, -0.1) is 0 Å². The van der Waals surface area contributed by atoms with E-state index in [-0.39, 0.29) is 30.1 Å². The molecule has 0 aliphatic rings. The molecular formula is C9H12I2N2O2. The average molecular weight is 434 g/mol. The highest BCUT2D eigenvalue weighted by Gasteiger charge is 2.15. The maximum Gasteiger partial charge on any atom is 0.414 e. The first kappa shape index (κ1) is 14.9. The summed E-state index contributed by atoms with van der Waals surface area (Å²) in [7, 11) is 5.20. The molecule has 15 heavy (non-hydrogen) atoms. The van der Waals surface area contributed by atoms with E-state index in [1.165, 1.54) is 4.90 Å². The maximum absolute atomic E-state index is 11.3. The first-order valence-corrected chi connectivity index (χ1v) is 5.13. The second-order valence-electron chi connectivity index (χ2n) is 3.04. The SMILES string of the molecule is CN(C)C(=O)Oc1ccc[n+](C)c1I.[I-]. The summed E-state index contributed by atoms with van der Waals surface area (Å²) >= 11 is 2.13. The first-order valence-electron chi connectivity index (χ1n) is 4.05. The number of carbonyl (C=O) groups is 1. The molecule has 0 aliphatic carbocycles. The van der Waals surface area contributed by atoms with Crippen LogP contribution in [-0.4, -0.2) is 25.1 Å². The van der Waals surface area contributed by atoms with Crippen molar-refractivity contribution in [2.24, 2.45) is 7.05 Å². The van der Waals surface area contributed by atoms with Gasteiger partial charge < -0.3 is 33.6 Å². The van der Waals surface area contributed by atoms with E-state index in [4.69, 9.17) is 4.74 Å². The number of hydrogen-bond acceptors (Lipinski definition) is 2. The second-order valence-corrected chi connectivity index (χ2v) is 4.06. The Morgan fingerprint density at radius 1 is 1.53 bits per heavy atom. The highest BCUT2D eigenvalue weighted by molar-refractivity contribution is 14.1. The van der Waals surface area contributed by atoms with Crippen molar-refractivity contribution in [2.75, 3.05) is 14.1 Å². The molecule has 0 radical (unpaired) electrons. The van der Waals surface area contributed by atoms with E-state index in [1.807, 2.05) is 23.9 Å². The standard InChI is InChI=1S/C9H12IN2O2.HI/c1-11(2)9(13)14-7-5-4-6-12(3)8(7)10;/h4-6H,1-3H3;1H/q+1;/p-1. The molecule has 6 heteroatoms. The molecule has 0 saturated carbocycles. The second kappa shape index (κ2) is 6.46. The quantitative estimate of drug-likeness (QED) is 0.297. The number of aromatic nitrogens is 1. The molecule has 0 bridgehead atoms. The number of halogens is 2. The monoisotopic (exact) mass is 434 g/mol. The number of amides is 1. The van der Waals surface area contributed by atoms with Crippen molar-refractivity contribution < 1.29 is 38.1 Å². The Labute approximate surface area is 120 Å². The third kappa shape index (κ3) is 4.09. The summed E-state index contributed by atoms with van der Waals surface area (Å²) in [4.78, 5) is 12.7. The maximum atomic E-state index is 11.3. The molecule has 0 N–H and O–H groups in total. The van der Waals surface area contributed by atoms with Gasteiger partial charge in [-0.25, -0.2) is 4.79 Å². The predicted molar refractivity (Wildman–Crippen MR) is 60.0 cm³/mol. The number of carbonyl (C=O) groups excluding carboxylic acids is 1. The molecule has 1 rings (SSSR count). The number of nitrogens with zero attached hydrogens (tertiary/aromatic N) is 2. The molecule has 4 nitrogen and oxygen atoms in total. The molecule has 0 aromatic carbocycles. The molecule has 1 amide bonds. The normalized spacial score (nSPS) is 9.07. The molecule has 1 heterocycles. The predicted octanol–water partition coefficient (Wildman–Crippen LogP) is -1.82. The van der Waals surface area contributed by atoms with Crippen molar-refractivity contribution in [1.82, 2.24) is 4.90 Å². The van der Waals surface area contributed by atoms with Crippen LogP contribution >= 0.6 is 22.6 Å². The summed E-state index contributed by atoms with van der Waals surface area (Å²) in [6.45, 7) is 0. The Morgan fingerprint density at radius 2 is 2.13 bits per heavy atom. The van der Waals surface area contributed by atoms with Crippen LogP contribution in [0.3, 0.4) is 0 Å². The molecule has 84 valence electrons. The lowest BCUT2D eigenvalue weighted by atomic mass is 10.4. The van der Waals surface area contributed by atoms with Crippen LogP contribution in [0.25, 0.3) is 0 Å². The fourth-order valence-electron chi connectivity index (χ4n) is 0.829. The third-order valence-electron chi connectivity index (χ3n) is 1.63. The topological polar surface area (TPSA) is 33.4 Å². The minimum absolute atomic E-state index is 0. The summed E-state index contributed by atoms with van der Waals surface area (Å²) in [6, 6.07) is 3.60. The minimum atomic E-state index is -0.367. The molecule has 0 saturated heterocycles. The van der Waals surface area contributed by atoms with Gasteiger partial charge in [-0.1, -0.05) is 0 Å². The molecular weight excluding hydrogens is 422 g/mol. The lowest BCUT2D eigenvalue weighted by Crippen LogP contribution is -3.00. The molecule has 0 unspecified atom stereocenters. The van der Waals surface area contributed by atoms with E-state index in [9.17, 15) is 4.79 Å². The van der Waals surface area contributed by atoms with Gasteiger partial charge in [0.05, 0.1) is 0 Å². The van der Waals surface area contributed by atoms with Crippen LogP contribution in [0.5, 0.6) is 5.75 Å². The summed E-state index contributed by atoms with van der Waals surface area (Å²) in [5.41, 5.74) is 0. The van der Waals surface area contributed by atoms with E-state index in [0.717, 1.165) is 3.70 Å². The van der Waals surface area contributed by atoms with E-state index < -0.39 is 0 Å². The van der Waals surface area contributed by atoms with Crippen LogP contribution in [0.2, 0.25) is 0 Å². The fraction of sp³-hybridized carbons (Fsp3) is 0.333. The largest absolute Gasteiger partial charge is 1.00 e. The molecule has 0 fully saturated rings. The number of ether oxygens (including phenoxy) is 1. The van der Waals surface area contributed by atoms with Crippen molar-refractivity contribution in [3.63, 3.8) is 0 Å². The Kier molecular flexibility index (Phi) is 6.41. The van der Waals surface area contributed by atoms with Gasteiger partial charge in [0.15, 0.2) is 6.20 Å². The molecule has 0 atom stereocenters. The number of pyridine rings is 1. The summed E-state index contributed by atoms with van der Waals surface area (Å²) in [5, 5.41) is 0. The Hall–Kier alpha value is -0.120. The number of hydrogen-bond donors (Lipinski definition) is 0. The van der Waals surface area contributed by atoms with Crippen LogP contribution in [0, 0.1) is 3.70 Å². The first-order chi connectivity index (χ1) is 6.52. The molecule has 1 aromatic rings. The van der Waals surface area contributed by atoms with E-state index in [1.54, 1.807) is 20.2 Å². The minimum Gasteiger partial charge on any atom is -1.00 e. The van der Waals surface area contributed by atoms with Crippen LogP contribution in [-0.2, 0) is 7.05 Å². The van der Waals surface area contributed by atoms with Gasteiger partial charge in [0.1, 0.15) is 7.05 Å². The van der Waals surface area contributed by atoms with Crippen LogP contribution in [0.4, 0.5) is 4.79 Å². The summed E-state index contributed by atoms with van der Waals surface area (Å²) in [6.07, 6.45) is 1.53. The van der Waals surface area contributed by atoms with E-state index in [2.05, 4.69) is 22.6 Å². The van der Waals surface area contributed by atoms with Gasteiger partial charge in [-0.05, 0) is 6.07 Å². The van der Waals surface area contributed by atoms with Gasteiger partial charge in [0.25, 0.3) is 3.70 Å². The third-order valence-corrected chi connectivity index (χ3v) is 2.93. The number of aryl methyl sites for hydroxylation is 1. The zero-order valence-corrected chi connectivity index (χ0v) is 13.0. The van der Waals surface area contributed by atoms with Crippen molar-refractivity contribution in [2.45, 2.75) is 0 Å². The highest BCUT2D eigenvalue weighted by atomic mass is 127.